The van der Waals surface area contributed by atoms with Crippen molar-refractivity contribution >= 4 is 23.3 Å². The van der Waals surface area contributed by atoms with Crippen LogP contribution in [-0.4, -0.2) is 48.4 Å². The summed E-state index contributed by atoms with van der Waals surface area (Å²) in [5.74, 6) is -0.248. The second-order valence-corrected chi connectivity index (χ2v) is 7.03. The van der Waals surface area contributed by atoms with E-state index >= 15 is 0 Å². The van der Waals surface area contributed by atoms with E-state index in [0.29, 0.717) is 37.2 Å². The molecule has 8 heteroatoms. The monoisotopic (exact) mass is 395 g/mol. The van der Waals surface area contributed by atoms with Gasteiger partial charge in [0.15, 0.2) is 0 Å². The van der Waals surface area contributed by atoms with Gasteiger partial charge in [0.05, 0.1) is 12.1 Å². The van der Waals surface area contributed by atoms with E-state index in [4.69, 9.17) is 5.26 Å². The highest BCUT2D eigenvalue weighted by Gasteiger charge is 2.28. The lowest BCUT2D eigenvalue weighted by atomic mass is 9.95. The second-order valence-electron chi connectivity index (χ2n) is 7.03. The first-order valence-electron chi connectivity index (χ1n) is 9.38. The molecule has 1 fully saturated rings. The predicted octanol–water partition coefficient (Wildman–Crippen LogP) is 2.41. The Bertz CT molecular complexity index is 917. The number of hydrogen-bond donors (Lipinski definition) is 1. The summed E-state index contributed by atoms with van der Waals surface area (Å²) in [6.45, 7) is 1.27. The molecule has 3 rings (SSSR count). The molecule has 1 aliphatic rings. The highest BCUT2D eigenvalue weighted by Crippen LogP contribution is 2.23. The van der Waals surface area contributed by atoms with E-state index in [1.165, 1.54) is 29.3 Å². The molecule has 2 aromatic rings. The molecule has 0 spiro atoms. The number of amides is 2. The quantitative estimate of drug-likeness (QED) is 0.840. The summed E-state index contributed by atoms with van der Waals surface area (Å²) in [6.07, 6.45) is 2.87. The van der Waals surface area contributed by atoms with Crippen molar-refractivity contribution in [1.82, 2.24) is 9.88 Å². The van der Waals surface area contributed by atoms with E-state index in [0.717, 1.165) is 5.82 Å². The zero-order chi connectivity index (χ0) is 20.8. The first-order chi connectivity index (χ1) is 14.0. The van der Waals surface area contributed by atoms with Crippen LogP contribution >= 0.6 is 0 Å². The molecule has 2 heterocycles. The van der Waals surface area contributed by atoms with Gasteiger partial charge in [-0.3, -0.25) is 9.59 Å². The number of hydrogen-bond acceptors (Lipinski definition) is 5. The molecule has 1 aromatic carbocycles. The minimum absolute atomic E-state index is 0.0770. The van der Waals surface area contributed by atoms with Crippen LogP contribution in [0.3, 0.4) is 0 Å². The SMILES string of the molecule is CN(CC(=O)Nc1cccc(F)c1)C(=O)C1CCN(c2ccc(C#N)cn2)CC1. The standard InChI is InChI=1S/C21H22FN5O2/c1-26(14-20(28)25-18-4-2-3-17(22)11-18)21(29)16-7-9-27(10-8-16)19-6-5-15(12-23)13-24-19/h2-6,11,13,16H,7-10,14H2,1H3,(H,25,28). The van der Waals surface area contributed by atoms with Crippen LogP contribution in [0, 0.1) is 23.1 Å². The maximum atomic E-state index is 13.2. The Labute approximate surface area is 168 Å². The molecular formula is C21H22FN5O2. The van der Waals surface area contributed by atoms with Crippen molar-refractivity contribution in [2.45, 2.75) is 12.8 Å². The largest absolute Gasteiger partial charge is 0.357 e. The zero-order valence-corrected chi connectivity index (χ0v) is 16.1. The van der Waals surface area contributed by atoms with Gasteiger partial charge in [0.2, 0.25) is 11.8 Å². The summed E-state index contributed by atoms with van der Waals surface area (Å²) < 4.78 is 13.2. The normalized spacial score (nSPS) is 14.2. The van der Waals surface area contributed by atoms with E-state index in [9.17, 15) is 14.0 Å². The fourth-order valence-electron chi connectivity index (χ4n) is 3.37. The Balaban J connectivity index is 1.49. The van der Waals surface area contributed by atoms with E-state index in [1.54, 1.807) is 19.2 Å². The third-order valence-corrected chi connectivity index (χ3v) is 4.91. The van der Waals surface area contributed by atoms with Gasteiger partial charge in [-0.15, -0.1) is 0 Å². The number of pyridine rings is 1. The first kappa shape index (κ1) is 20.3. The fourth-order valence-corrected chi connectivity index (χ4v) is 3.37. The first-order valence-corrected chi connectivity index (χ1v) is 9.38. The molecule has 29 heavy (non-hydrogen) atoms. The van der Waals surface area contributed by atoms with Crippen molar-refractivity contribution in [3.8, 4) is 6.07 Å². The third kappa shape index (κ3) is 5.29. The Morgan fingerprint density at radius 3 is 2.69 bits per heavy atom. The van der Waals surface area contributed by atoms with Crippen LogP contribution in [0.1, 0.15) is 18.4 Å². The molecule has 1 saturated heterocycles. The summed E-state index contributed by atoms with van der Waals surface area (Å²) in [7, 11) is 1.60. The summed E-state index contributed by atoms with van der Waals surface area (Å²) in [6, 6.07) is 11.2. The molecule has 150 valence electrons. The molecule has 0 bridgehead atoms. The molecule has 1 aliphatic heterocycles. The highest BCUT2D eigenvalue weighted by molar-refractivity contribution is 5.94. The van der Waals surface area contributed by atoms with Gasteiger partial charge in [0, 0.05) is 37.9 Å². The van der Waals surface area contributed by atoms with E-state index in [-0.39, 0.29) is 24.3 Å². The van der Waals surface area contributed by atoms with Crippen molar-refractivity contribution in [3.63, 3.8) is 0 Å². The molecule has 2 amide bonds. The Morgan fingerprint density at radius 1 is 1.31 bits per heavy atom. The number of nitriles is 1. The van der Waals surface area contributed by atoms with Crippen molar-refractivity contribution in [3.05, 3.63) is 54.0 Å². The van der Waals surface area contributed by atoms with Crippen molar-refractivity contribution in [1.29, 1.82) is 5.26 Å². The molecular weight excluding hydrogens is 373 g/mol. The molecule has 0 atom stereocenters. The number of halogens is 1. The lowest BCUT2D eigenvalue weighted by molar-refractivity contribution is -0.137. The lowest BCUT2D eigenvalue weighted by Gasteiger charge is -2.33. The molecule has 1 aromatic heterocycles. The van der Waals surface area contributed by atoms with Gasteiger partial charge < -0.3 is 15.1 Å². The predicted molar refractivity (Wildman–Crippen MR) is 107 cm³/mol. The van der Waals surface area contributed by atoms with Gasteiger partial charge in [-0.05, 0) is 43.2 Å². The summed E-state index contributed by atoms with van der Waals surface area (Å²) in [5.41, 5.74) is 0.871. The Hall–Kier alpha value is -3.47. The summed E-state index contributed by atoms with van der Waals surface area (Å²) >= 11 is 0. The van der Waals surface area contributed by atoms with Crippen molar-refractivity contribution < 1.29 is 14.0 Å². The van der Waals surface area contributed by atoms with Crippen LogP contribution in [0.25, 0.3) is 0 Å². The number of anilines is 2. The number of carbonyl (C=O) groups is 2. The van der Waals surface area contributed by atoms with Gasteiger partial charge in [0.1, 0.15) is 17.7 Å². The van der Waals surface area contributed by atoms with Crippen LogP contribution in [0.4, 0.5) is 15.9 Å². The Kier molecular flexibility index (Phi) is 6.39. The topological polar surface area (TPSA) is 89.3 Å². The number of benzene rings is 1. The zero-order valence-electron chi connectivity index (χ0n) is 16.1. The van der Waals surface area contributed by atoms with E-state index < -0.39 is 5.82 Å². The van der Waals surface area contributed by atoms with Gasteiger partial charge in [-0.25, -0.2) is 9.37 Å². The van der Waals surface area contributed by atoms with Gasteiger partial charge in [0.25, 0.3) is 0 Å². The lowest BCUT2D eigenvalue weighted by Crippen LogP contribution is -2.43. The maximum absolute atomic E-state index is 13.2. The van der Waals surface area contributed by atoms with Crippen LogP contribution in [0.2, 0.25) is 0 Å². The summed E-state index contributed by atoms with van der Waals surface area (Å²) in [4.78, 5) is 32.6. The van der Waals surface area contributed by atoms with Gasteiger partial charge in [-0.2, -0.15) is 5.26 Å². The van der Waals surface area contributed by atoms with E-state index in [1.807, 2.05) is 12.1 Å². The van der Waals surface area contributed by atoms with Crippen LogP contribution in [-0.2, 0) is 9.59 Å². The number of nitrogens with one attached hydrogen (secondary N) is 1. The van der Waals surface area contributed by atoms with Crippen LogP contribution in [0.15, 0.2) is 42.6 Å². The number of piperidine rings is 1. The second kappa shape index (κ2) is 9.15. The van der Waals surface area contributed by atoms with Gasteiger partial charge >= 0.3 is 0 Å². The molecule has 7 nitrogen and oxygen atoms in total. The van der Waals surface area contributed by atoms with Crippen molar-refractivity contribution in [2.24, 2.45) is 5.92 Å². The molecule has 0 unspecified atom stereocenters. The van der Waals surface area contributed by atoms with Crippen LogP contribution < -0.4 is 10.2 Å². The number of nitrogens with zero attached hydrogens (tertiary/aromatic N) is 4. The van der Waals surface area contributed by atoms with Gasteiger partial charge in [-0.1, -0.05) is 6.07 Å². The molecule has 0 saturated carbocycles. The maximum Gasteiger partial charge on any atom is 0.243 e. The molecule has 1 N–H and O–H groups in total. The minimum Gasteiger partial charge on any atom is -0.357 e. The smallest absolute Gasteiger partial charge is 0.243 e. The van der Waals surface area contributed by atoms with Crippen molar-refractivity contribution in [2.75, 3.05) is 36.9 Å². The van der Waals surface area contributed by atoms with E-state index in [2.05, 4.69) is 15.2 Å². The number of carbonyl (C=O) groups excluding carboxylic acids is 2. The number of aromatic nitrogens is 1. The minimum atomic E-state index is -0.434. The fraction of sp³-hybridized carbons (Fsp3) is 0.333. The summed E-state index contributed by atoms with van der Waals surface area (Å²) in [5, 5.41) is 11.5. The molecule has 0 aliphatic carbocycles. The third-order valence-electron chi connectivity index (χ3n) is 4.91. The average Bonchev–Trinajstić information content (AvgIpc) is 2.73. The highest BCUT2D eigenvalue weighted by atomic mass is 19.1. The Morgan fingerprint density at radius 2 is 2.07 bits per heavy atom. The number of rotatable bonds is 5. The average molecular weight is 395 g/mol. The van der Waals surface area contributed by atoms with Crippen LogP contribution in [0.5, 0.6) is 0 Å². The number of likely N-dealkylation sites (N-methyl/N-ethyl adjacent to an activating group) is 1. The molecule has 0 radical (unpaired) electrons.